The van der Waals surface area contributed by atoms with Gasteiger partial charge in [-0.15, -0.1) is 0 Å². The van der Waals surface area contributed by atoms with Crippen LogP contribution in [0.1, 0.15) is 71.1 Å². The molecular weight excluding hydrogens is 242 g/mol. The van der Waals surface area contributed by atoms with E-state index < -0.39 is 5.54 Å². The SMILES string of the molecule is CCCCCC(=O)NC1(/C(N)=N/O)CCCCCC1. The summed E-state index contributed by atoms with van der Waals surface area (Å²) >= 11 is 0. The van der Waals surface area contributed by atoms with Gasteiger partial charge in [0.05, 0.1) is 0 Å². The Kier molecular flexibility index (Phi) is 6.67. The number of oxime groups is 1. The molecule has 0 aromatic rings. The number of rotatable bonds is 6. The second-order valence-electron chi connectivity index (χ2n) is 5.49. The molecule has 0 spiro atoms. The van der Waals surface area contributed by atoms with E-state index in [1.807, 2.05) is 0 Å². The Morgan fingerprint density at radius 2 is 1.89 bits per heavy atom. The van der Waals surface area contributed by atoms with Gasteiger partial charge in [0.25, 0.3) is 0 Å². The van der Waals surface area contributed by atoms with Crippen molar-refractivity contribution >= 4 is 11.7 Å². The number of carbonyl (C=O) groups is 1. The number of hydrogen-bond donors (Lipinski definition) is 3. The van der Waals surface area contributed by atoms with E-state index in [2.05, 4.69) is 17.4 Å². The zero-order chi connectivity index (χ0) is 14.1. The number of amides is 1. The number of nitrogens with one attached hydrogen (secondary N) is 1. The van der Waals surface area contributed by atoms with E-state index in [0.717, 1.165) is 57.8 Å². The second-order valence-corrected chi connectivity index (χ2v) is 5.49. The van der Waals surface area contributed by atoms with Gasteiger partial charge in [0.1, 0.15) is 5.54 Å². The molecule has 1 aliphatic rings. The maximum absolute atomic E-state index is 12.0. The number of carbonyl (C=O) groups excluding carboxylic acids is 1. The van der Waals surface area contributed by atoms with Crippen molar-refractivity contribution in [2.24, 2.45) is 10.9 Å². The highest BCUT2D eigenvalue weighted by Crippen LogP contribution is 2.27. The Balaban J connectivity index is 2.66. The van der Waals surface area contributed by atoms with Crippen LogP contribution in [0.15, 0.2) is 5.16 Å². The molecule has 0 radical (unpaired) electrons. The lowest BCUT2D eigenvalue weighted by Gasteiger charge is -2.32. The fourth-order valence-corrected chi connectivity index (χ4v) is 2.74. The van der Waals surface area contributed by atoms with Crippen LogP contribution in [-0.2, 0) is 4.79 Å². The first kappa shape index (κ1) is 15.8. The van der Waals surface area contributed by atoms with Gasteiger partial charge in [-0.1, -0.05) is 50.6 Å². The normalized spacial score (nSPS) is 19.7. The summed E-state index contributed by atoms with van der Waals surface area (Å²) in [6, 6.07) is 0. The Morgan fingerprint density at radius 3 is 2.42 bits per heavy atom. The maximum Gasteiger partial charge on any atom is 0.220 e. The van der Waals surface area contributed by atoms with Gasteiger partial charge in [0.2, 0.25) is 5.91 Å². The fraction of sp³-hybridized carbons (Fsp3) is 0.857. The number of hydrogen-bond acceptors (Lipinski definition) is 3. The Bertz CT molecular complexity index is 308. The quantitative estimate of drug-likeness (QED) is 0.173. The number of amidine groups is 1. The fourth-order valence-electron chi connectivity index (χ4n) is 2.74. The molecule has 0 aromatic heterocycles. The lowest BCUT2D eigenvalue weighted by molar-refractivity contribution is -0.122. The van der Waals surface area contributed by atoms with Crippen LogP contribution in [-0.4, -0.2) is 22.5 Å². The molecule has 1 fully saturated rings. The van der Waals surface area contributed by atoms with E-state index in [1.165, 1.54) is 0 Å². The lowest BCUT2D eigenvalue weighted by Crippen LogP contribution is -2.57. The first-order chi connectivity index (χ1) is 9.14. The lowest BCUT2D eigenvalue weighted by atomic mass is 9.88. The summed E-state index contributed by atoms with van der Waals surface area (Å²) in [6.45, 7) is 2.11. The summed E-state index contributed by atoms with van der Waals surface area (Å²) in [6.07, 6.45) is 9.41. The molecule has 0 saturated heterocycles. The van der Waals surface area contributed by atoms with Crippen LogP contribution >= 0.6 is 0 Å². The monoisotopic (exact) mass is 269 g/mol. The van der Waals surface area contributed by atoms with Gasteiger partial charge in [-0.05, 0) is 19.3 Å². The summed E-state index contributed by atoms with van der Waals surface area (Å²) < 4.78 is 0. The molecule has 1 amide bonds. The van der Waals surface area contributed by atoms with E-state index in [4.69, 9.17) is 10.9 Å². The molecule has 1 aliphatic carbocycles. The van der Waals surface area contributed by atoms with E-state index >= 15 is 0 Å². The van der Waals surface area contributed by atoms with E-state index in [9.17, 15) is 4.79 Å². The first-order valence-electron chi connectivity index (χ1n) is 7.43. The van der Waals surface area contributed by atoms with Crippen molar-refractivity contribution in [1.82, 2.24) is 5.32 Å². The van der Waals surface area contributed by atoms with Crippen LogP contribution in [0, 0.1) is 0 Å². The Hall–Kier alpha value is -1.26. The van der Waals surface area contributed by atoms with E-state index in [0.29, 0.717) is 6.42 Å². The topological polar surface area (TPSA) is 87.7 Å². The highest BCUT2D eigenvalue weighted by molar-refractivity contribution is 5.93. The molecule has 5 nitrogen and oxygen atoms in total. The van der Waals surface area contributed by atoms with Crippen molar-refractivity contribution in [2.45, 2.75) is 76.7 Å². The maximum atomic E-state index is 12.0. The molecule has 0 unspecified atom stereocenters. The standard InChI is InChI=1S/C14H27N3O2/c1-2-3-6-9-12(18)16-14(13(15)17-19)10-7-4-5-8-11-14/h19H,2-11H2,1H3,(H2,15,17)(H,16,18). The van der Waals surface area contributed by atoms with Crippen molar-refractivity contribution in [3.63, 3.8) is 0 Å². The molecule has 0 bridgehead atoms. The summed E-state index contributed by atoms with van der Waals surface area (Å²) in [5, 5.41) is 15.2. The highest BCUT2D eigenvalue weighted by atomic mass is 16.4. The molecular formula is C14H27N3O2. The minimum Gasteiger partial charge on any atom is -0.409 e. The Labute approximate surface area is 115 Å². The molecule has 4 N–H and O–H groups in total. The second kappa shape index (κ2) is 8.02. The summed E-state index contributed by atoms with van der Waals surface area (Å²) in [7, 11) is 0. The van der Waals surface area contributed by atoms with Gasteiger partial charge in [-0.25, -0.2) is 0 Å². The average molecular weight is 269 g/mol. The molecule has 110 valence electrons. The van der Waals surface area contributed by atoms with Gasteiger partial charge < -0.3 is 16.3 Å². The first-order valence-corrected chi connectivity index (χ1v) is 7.43. The third-order valence-corrected chi connectivity index (χ3v) is 3.94. The van der Waals surface area contributed by atoms with Crippen LogP contribution < -0.4 is 11.1 Å². The van der Waals surface area contributed by atoms with Crippen LogP contribution in [0.3, 0.4) is 0 Å². The van der Waals surface area contributed by atoms with Gasteiger partial charge in [-0.3, -0.25) is 4.79 Å². The molecule has 0 aromatic carbocycles. The predicted octanol–water partition coefficient (Wildman–Crippen LogP) is 2.52. The smallest absolute Gasteiger partial charge is 0.220 e. The van der Waals surface area contributed by atoms with Crippen molar-refractivity contribution in [3.8, 4) is 0 Å². The van der Waals surface area contributed by atoms with Gasteiger partial charge in [0, 0.05) is 6.42 Å². The summed E-state index contributed by atoms with van der Waals surface area (Å²) in [4.78, 5) is 12.0. The van der Waals surface area contributed by atoms with Gasteiger partial charge >= 0.3 is 0 Å². The third-order valence-electron chi connectivity index (χ3n) is 3.94. The van der Waals surface area contributed by atoms with Crippen LogP contribution in [0.25, 0.3) is 0 Å². The van der Waals surface area contributed by atoms with Gasteiger partial charge in [-0.2, -0.15) is 0 Å². The van der Waals surface area contributed by atoms with E-state index in [1.54, 1.807) is 0 Å². The van der Waals surface area contributed by atoms with Crippen molar-refractivity contribution < 1.29 is 10.0 Å². The summed E-state index contributed by atoms with van der Waals surface area (Å²) in [5.74, 6) is 0.167. The highest BCUT2D eigenvalue weighted by Gasteiger charge is 2.36. The third kappa shape index (κ3) is 4.73. The predicted molar refractivity (Wildman–Crippen MR) is 76.1 cm³/mol. The molecule has 5 heteroatoms. The number of nitrogens with two attached hydrogens (primary N) is 1. The molecule has 0 aliphatic heterocycles. The van der Waals surface area contributed by atoms with E-state index in [-0.39, 0.29) is 11.7 Å². The van der Waals surface area contributed by atoms with Crippen molar-refractivity contribution in [2.75, 3.05) is 0 Å². The molecule has 1 saturated carbocycles. The minimum absolute atomic E-state index is 0.0157. The molecule has 1 rings (SSSR count). The van der Waals surface area contributed by atoms with Crippen LogP contribution in [0.4, 0.5) is 0 Å². The largest absolute Gasteiger partial charge is 0.409 e. The van der Waals surface area contributed by atoms with Crippen molar-refractivity contribution in [3.05, 3.63) is 0 Å². The Morgan fingerprint density at radius 1 is 1.26 bits per heavy atom. The van der Waals surface area contributed by atoms with Gasteiger partial charge in [0.15, 0.2) is 5.84 Å². The zero-order valence-corrected chi connectivity index (χ0v) is 12.0. The number of unbranched alkanes of at least 4 members (excludes halogenated alkanes) is 2. The average Bonchev–Trinajstić information content (AvgIpc) is 2.64. The minimum atomic E-state index is -0.630. The summed E-state index contributed by atoms with van der Waals surface area (Å²) in [5.41, 5.74) is 5.21. The molecule has 0 heterocycles. The number of nitrogens with zero attached hydrogens (tertiary/aromatic N) is 1. The zero-order valence-electron chi connectivity index (χ0n) is 12.0. The molecule has 19 heavy (non-hydrogen) atoms. The van der Waals surface area contributed by atoms with Crippen molar-refractivity contribution in [1.29, 1.82) is 0 Å². The van der Waals surface area contributed by atoms with Crippen LogP contribution in [0.5, 0.6) is 0 Å². The van der Waals surface area contributed by atoms with Crippen LogP contribution in [0.2, 0.25) is 0 Å². The molecule has 0 atom stereocenters.